The molecule has 2 nitrogen and oxygen atoms in total. The molecule has 0 aliphatic heterocycles. The Kier molecular flexibility index (Phi) is 3.48. The second-order valence-corrected chi connectivity index (χ2v) is 5.37. The lowest BCUT2D eigenvalue weighted by atomic mass is 9.98. The Morgan fingerprint density at radius 1 is 1.05 bits per heavy atom. The molecule has 1 aromatic heterocycles. The van der Waals surface area contributed by atoms with Crippen LogP contribution >= 0.6 is 11.3 Å². The van der Waals surface area contributed by atoms with E-state index in [2.05, 4.69) is 5.43 Å². The summed E-state index contributed by atoms with van der Waals surface area (Å²) >= 11 is 1.57. The summed E-state index contributed by atoms with van der Waals surface area (Å²) in [5.41, 5.74) is 3.83. The van der Waals surface area contributed by atoms with Crippen LogP contribution in [0.5, 0.6) is 0 Å². The third kappa shape index (κ3) is 2.20. The van der Waals surface area contributed by atoms with Gasteiger partial charge in [-0.1, -0.05) is 24.3 Å². The molecule has 20 heavy (non-hydrogen) atoms. The predicted octanol–water partition coefficient (Wildman–Crippen LogP) is 3.73. The van der Waals surface area contributed by atoms with E-state index in [1.54, 1.807) is 11.3 Å². The van der Waals surface area contributed by atoms with Gasteiger partial charge >= 0.3 is 0 Å². The topological polar surface area (TPSA) is 38.0 Å². The molecule has 0 spiro atoms. The number of hydrazine groups is 1. The highest BCUT2D eigenvalue weighted by molar-refractivity contribution is 7.17. The molecule has 2 aromatic carbocycles. The minimum absolute atomic E-state index is 0.329. The smallest absolute Gasteiger partial charge is 0.131 e. The van der Waals surface area contributed by atoms with Gasteiger partial charge in [-0.3, -0.25) is 5.84 Å². The molecule has 0 saturated heterocycles. The molecular weight excluding hydrogens is 278 g/mol. The highest BCUT2D eigenvalue weighted by Gasteiger charge is 2.19. The molecule has 1 atom stereocenters. The number of halogens is 2. The SMILES string of the molecule is NNC(c1ccc(F)cc1F)c1cccc2ccsc12. The molecule has 0 saturated carbocycles. The maximum absolute atomic E-state index is 14.0. The van der Waals surface area contributed by atoms with E-state index in [9.17, 15) is 8.78 Å². The molecule has 0 radical (unpaired) electrons. The van der Waals surface area contributed by atoms with Crippen molar-refractivity contribution in [2.24, 2.45) is 5.84 Å². The van der Waals surface area contributed by atoms with Gasteiger partial charge in [0.2, 0.25) is 0 Å². The van der Waals surface area contributed by atoms with Crippen LogP contribution in [0.4, 0.5) is 8.78 Å². The number of fused-ring (bicyclic) bond motifs is 1. The third-order valence-corrected chi connectivity index (χ3v) is 4.24. The van der Waals surface area contributed by atoms with E-state index in [0.29, 0.717) is 5.56 Å². The summed E-state index contributed by atoms with van der Waals surface area (Å²) in [6.45, 7) is 0. The second kappa shape index (κ2) is 5.28. The molecule has 3 N–H and O–H groups in total. The molecule has 0 aliphatic rings. The average molecular weight is 290 g/mol. The first-order chi connectivity index (χ1) is 9.70. The van der Waals surface area contributed by atoms with Crippen LogP contribution < -0.4 is 11.3 Å². The monoisotopic (exact) mass is 290 g/mol. The normalized spacial score (nSPS) is 12.8. The van der Waals surface area contributed by atoms with Crippen LogP contribution in [-0.4, -0.2) is 0 Å². The Morgan fingerprint density at radius 2 is 1.90 bits per heavy atom. The van der Waals surface area contributed by atoms with E-state index < -0.39 is 17.7 Å². The van der Waals surface area contributed by atoms with Gasteiger partial charge in [0.15, 0.2) is 0 Å². The Balaban J connectivity index is 2.16. The van der Waals surface area contributed by atoms with E-state index in [0.717, 1.165) is 21.7 Å². The van der Waals surface area contributed by atoms with Crippen LogP contribution in [0.15, 0.2) is 47.8 Å². The number of nitrogens with one attached hydrogen (secondary N) is 1. The molecule has 0 bridgehead atoms. The van der Waals surface area contributed by atoms with E-state index in [1.807, 2.05) is 29.6 Å². The van der Waals surface area contributed by atoms with Crippen LogP contribution in [-0.2, 0) is 0 Å². The van der Waals surface area contributed by atoms with Crippen molar-refractivity contribution >= 4 is 21.4 Å². The number of thiophene rings is 1. The van der Waals surface area contributed by atoms with Crippen LogP contribution in [0.3, 0.4) is 0 Å². The predicted molar refractivity (Wildman–Crippen MR) is 77.3 cm³/mol. The second-order valence-electron chi connectivity index (χ2n) is 4.45. The fraction of sp³-hybridized carbons (Fsp3) is 0.0667. The quantitative estimate of drug-likeness (QED) is 0.570. The highest BCUT2D eigenvalue weighted by atomic mass is 32.1. The zero-order valence-electron chi connectivity index (χ0n) is 10.4. The maximum atomic E-state index is 14.0. The van der Waals surface area contributed by atoms with Gasteiger partial charge in [0, 0.05) is 16.3 Å². The average Bonchev–Trinajstić information content (AvgIpc) is 2.91. The van der Waals surface area contributed by atoms with Gasteiger partial charge < -0.3 is 0 Å². The number of hydrogen-bond donors (Lipinski definition) is 2. The minimum Gasteiger partial charge on any atom is -0.271 e. The van der Waals surface area contributed by atoms with Gasteiger partial charge in [0.25, 0.3) is 0 Å². The van der Waals surface area contributed by atoms with Crippen molar-refractivity contribution in [3.8, 4) is 0 Å². The molecule has 0 fully saturated rings. The van der Waals surface area contributed by atoms with Crippen molar-refractivity contribution in [3.05, 3.63) is 70.6 Å². The lowest BCUT2D eigenvalue weighted by Crippen LogP contribution is -2.29. The molecular formula is C15H12F2N2S. The van der Waals surface area contributed by atoms with Crippen molar-refractivity contribution in [1.29, 1.82) is 0 Å². The van der Waals surface area contributed by atoms with Crippen molar-refractivity contribution < 1.29 is 8.78 Å². The van der Waals surface area contributed by atoms with Crippen molar-refractivity contribution in [2.45, 2.75) is 6.04 Å². The lowest BCUT2D eigenvalue weighted by Gasteiger charge is -2.18. The third-order valence-electron chi connectivity index (χ3n) is 3.26. The number of benzene rings is 2. The first-order valence-corrected chi connectivity index (χ1v) is 6.96. The van der Waals surface area contributed by atoms with Gasteiger partial charge in [0.05, 0.1) is 6.04 Å². The summed E-state index contributed by atoms with van der Waals surface area (Å²) in [5.74, 6) is 4.39. The van der Waals surface area contributed by atoms with Crippen molar-refractivity contribution in [1.82, 2.24) is 5.43 Å². The fourth-order valence-corrected chi connectivity index (χ4v) is 3.27. The molecule has 1 unspecified atom stereocenters. The van der Waals surface area contributed by atoms with E-state index in [-0.39, 0.29) is 0 Å². The summed E-state index contributed by atoms with van der Waals surface area (Å²) in [7, 11) is 0. The molecule has 102 valence electrons. The Bertz CT molecular complexity index is 754. The van der Waals surface area contributed by atoms with Gasteiger partial charge in [-0.2, -0.15) is 0 Å². The standard InChI is InChI=1S/C15H12F2N2S/c16-10-4-5-11(13(17)8-10)14(19-18)12-3-1-2-9-6-7-20-15(9)12/h1-8,14,19H,18H2. The number of hydrogen-bond acceptors (Lipinski definition) is 3. The molecule has 3 aromatic rings. The molecule has 1 heterocycles. The molecule has 3 rings (SSSR count). The van der Waals surface area contributed by atoms with Crippen LogP contribution in [0.1, 0.15) is 17.2 Å². The van der Waals surface area contributed by atoms with Crippen molar-refractivity contribution in [2.75, 3.05) is 0 Å². The largest absolute Gasteiger partial charge is 0.271 e. The van der Waals surface area contributed by atoms with Gasteiger partial charge in [-0.15, -0.1) is 11.3 Å². The fourth-order valence-electron chi connectivity index (χ4n) is 2.33. The Labute approximate surface area is 118 Å². The summed E-state index contributed by atoms with van der Waals surface area (Å²) in [6, 6.07) is 10.8. The maximum Gasteiger partial charge on any atom is 0.131 e. The summed E-state index contributed by atoms with van der Waals surface area (Å²) < 4.78 is 28.0. The molecule has 0 aliphatic carbocycles. The van der Waals surface area contributed by atoms with E-state index in [4.69, 9.17) is 5.84 Å². The Hall–Kier alpha value is -1.82. The first-order valence-electron chi connectivity index (χ1n) is 6.08. The van der Waals surface area contributed by atoms with Crippen molar-refractivity contribution in [3.63, 3.8) is 0 Å². The highest BCUT2D eigenvalue weighted by Crippen LogP contribution is 2.33. The van der Waals surface area contributed by atoms with Crippen LogP contribution in [0.2, 0.25) is 0 Å². The summed E-state index contributed by atoms with van der Waals surface area (Å²) in [6.07, 6.45) is 0. The zero-order chi connectivity index (χ0) is 14.1. The minimum atomic E-state index is -0.610. The summed E-state index contributed by atoms with van der Waals surface area (Å²) in [4.78, 5) is 0. The van der Waals surface area contributed by atoms with Gasteiger partial charge in [0.1, 0.15) is 11.6 Å². The molecule has 0 amide bonds. The van der Waals surface area contributed by atoms with Crippen LogP contribution in [0, 0.1) is 11.6 Å². The van der Waals surface area contributed by atoms with Gasteiger partial charge in [-0.05, 0) is 28.5 Å². The molecule has 5 heteroatoms. The Morgan fingerprint density at radius 3 is 2.65 bits per heavy atom. The first kappa shape index (κ1) is 13.2. The number of nitrogens with two attached hydrogens (primary N) is 1. The number of rotatable bonds is 3. The zero-order valence-corrected chi connectivity index (χ0v) is 11.3. The van der Waals surface area contributed by atoms with E-state index in [1.165, 1.54) is 12.1 Å². The van der Waals surface area contributed by atoms with E-state index >= 15 is 0 Å². The summed E-state index contributed by atoms with van der Waals surface area (Å²) in [5, 5.41) is 3.05. The van der Waals surface area contributed by atoms with Gasteiger partial charge in [-0.25, -0.2) is 14.2 Å². The lowest BCUT2D eigenvalue weighted by molar-refractivity contribution is 0.543. The van der Waals surface area contributed by atoms with Crippen LogP contribution in [0.25, 0.3) is 10.1 Å².